The zero-order valence-corrected chi connectivity index (χ0v) is 29.4. The Bertz CT molecular complexity index is 806. The molecule has 0 heterocycles. The molecule has 0 aromatic heterocycles. The van der Waals surface area contributed by atoms with Gasteiger partial charge in [0, 0.05) is 19.3 Å². The largest absolute Gasteiger partial charge is 0.465 e. The molecule has 0 rings (SSSR count). The van der Waals surface area contributed by atoms with Crippen molar-refractivity contribution in [2.75, 3.05) is 40.5 Å². The molecule has 2 unspecified atom stereocenters. The first-order chi connectivity index (χ1) is 21.8. The van der Waals surface area contributed by atoms with E-state index >= 15 is 0 Å². The Balaban J connectivity index is 4.29. The van der Waals surface area contributed by atoms with Crippen LogP contribution in [0.3, 0.4) is 0 Å². The zero-order valence-electron chi connectivity index (χ0n) is 29.4. The summed E-state index contributed by atoms with van der Waals surface area (Å²) in [6.07, 6.45) is 28.7. The van der Waals surface area contributed by atoms with Crippen molar-refractivity contribution in [2.24, 2.45) is 11.8 Å². The predicted octanol–water partition coefficient (Wildman–Crippen LogP) is 9.16. The van der Waals surface area contributed by atoms with Crippen LogP contribution in [0.25, 0.3) is 0 Å². The minimum atomic E-state index is -0.382. The molecule has 0 aromatic carbocycles. The second kappa shape index (κ2) is 31.6. The molecule has 7 heteroatoms. The van der Waals surface area contributed by atoms with Crippen LogP contribution in [0, 0.1) is 11.8 Å². The van der Waals surface area contributed by atoms with Crippen molar-refractivity contribution in [3.05, 3.63) is 37.0 Å². The lowest BCUT2D eigenvalue weighted by molar-refractivity contribution is -0.153. The lowest BCUT2D eigenvalue weighted by Crippen LogP contribution is -2.26. The highest BCUT2D eigenvalue weighted by atomic mass is 16.6. The lowest BCUT2D eigenvalue weighted by Gasteiger charge is -2.18. The van der Waals surface area contributed by atoms with Gasteiger partial charge in [-0.25, -0.2) is 0 Å². The van der Waals surface area contributed by atoms with E-state index in [-0.39, 0.29) is 43.6 Å². The van der Waals surface area contributed by atoms with Gasteiger partial charge in [0.05, 0.1) is 5.92 Å². The third-order valence-corrected chi connectivity index (χ3v) is 7.65. The van der Waals surface area contributed by atoms with Gasteiger partial charge >= 0.3 is 17.9 Å². The van der Waals surface area contributed by atoms with Gasteiger partial charge in [-0.05, 0) is 97.2 Å². The third-order valence-electron chi connectivity index (χ3n) is 7.65. The number of esters is 3. The van der Waals surface area contributed by atoms with E-state index in [4.69, 9.17) is 14.2 Å². The fourth-order valence-corrected chi connectivity index (χ4v) is 4.77. The van der Waals surface area contributed by atoms with E-state index in [9.17, 15) is 14.4 Å². The molecule has 0 fully saturated rings. The molecule has 0 bridgehead atoms. The first-order valence-electron chi connectivity index (χ1n) is 17.8. The SMILES string of the molecule is C=CCC(C)CCCC(=O)OCC(COC(=O)CCCCCCC/C=C\C/C=C\CCCCC)COC(=O)CCCCN(C)C. The van der Waals surface area contributed by atoms with Crippen LogP contribution >= 0.6 is 0 Å². The number of rotatable bonds is 31. The third kappa shape index (κ3) is 31.4. The van der Waals surface area contributed by atoms with E-state index < -0.39 is 0 Å². The van der Waals surface area contributed by atoms with Crippen LogP contribution in [0.2, 0.25) is 0 Å². The fraction of sp³-hybridized carbons (Fsp3) is 0.763. The smallest absolute Gasteiger partial charge is 0.305 e. The van der Waals surface area contributed by atoms with Crippen molar-refractivity contribution in [1.82, 2.24) is 4.90 Å². The van der Waals surface area contributed by atoms with Gasteiger partial charge in [-0.2, -0.15) is 0 Å². The van der Waals surface area contributed by atoms with E-state index in [0.29, 0.717) is 25.2 Å². The number of hydrogen-bond donors (Lipinski definition) is 0. The van der Waals surface area contributed by atoms with Crippen LogP contribution < -0.4 is 0 Å². The van der Waals surface area contributed by atoms with Crippen LogP contribution in [-0.4, -0.2) is 63.3 Å². The van der Waals surface area contributed by atoms with Crippen LogP contribution in [-0.2, 0) is 28.6 Å². The standard InChI is InChI=1S/C38H67NO6/c1-6-8-9-10-11-12-13-14-15-16-17-18-19-20-21-27-36(40)43-31-35(32-44-37(41)28-22-23-30-39(4)5)33-45-38(42)29-24-26-34(3)25-7-2/h7,11-12,14-15,34-35H,2,6,8-10,13,16-33H2,1,3-5H3/b12-11-,15-14-. The van der Waals surface area contributed by atoms with Crippen LogP contribution in [0.1, 0.15) is 136 Å². The maximum absolute atomic E-state index is 12.4. The van der Waals surface area contributed by atoms with Gasteiger partial charge < -0.3 is 19.1 Å². The summed E-state index contributed by atoms with van der Waals surface area (Å²) in [6, 6.07) is 0. The number of unbranched alkanes of at least 4 members (excludes halogenated alkanes) is 9. The molecule has 0 radical (unpaired) electrons. The number of ether oxygens (including phenoxy) is 3. The predicted molar refractivity (Wildman–Crippen MR) is 186 cm³/mol. The average molecular weight is 634 g/mol. The monoisotopic (exact) mass is 633 g/mol. The summed E-state index contributed by atoms with van der Waals surface area (Å²) in [5.74, 6) is -0.717. The zero-order chi connectivity index (χ0) is 33.4. The molecule has 0 N–H and O–H groups in total. The quantitative estimate of drug-likeness (QED) is 0.0326. The fourth-order valence-electron chi connectivity index (χ4n) is 4.77. The van der Waals surface area contributed by atoms with Gasteiger partial charge in [0.15, 0.2) is 0 Å². The van der Waals surface area contributed by atoms with E-state index in [0.717, 1.165) is 77.2 Å². The molecule has 0 spiro atoms. The lowest BCUT2D eigenvalue weighted by atomic mass is 10.0. The summed E-state index contributed by atoms with van der Waals surface area (Å²) in [4.78, 5) is 39.0. The van der Waals surface area contributed by atoms with E-state index in [1.54, 1.807) is 0 Å². The maximum Gasteiger partial charge on any atom is 0.305 e. The second-order valence-electron chi connectivity index (χ2n) is 12.7. The van der Waals surface area contributed by atoms with E-state index in [1.807, 2.05) is 20.2 Å². The van der Waals surface area contributed by atoms with Crippen LogP contribution in [0.15, 0.2) is 37.0 Å². The van der Waals surface area contributed by atoms with Crippen molar-refractivity contribution in [3.8, 4) is 0 Å². The minimum absolute atomic E-state index is 0.0614. The topological polar surface area (TPSA) is 82.1 Å². The van der Waals surface area contributed by atoms with Gasteiger partial charge in [-0.3, -0.25) is 14.4 Å². The molecule has 7 nitrogen and oxygen atoms in total. The molecule has 260 valence electrons. The molecule has 0 aliphatic carbocycles. The summed E-state index contributed by atoms with van der Waals surface area (Å²) in [5, 5.41) is 0. The normalized spacial score (nSPS) is 12.9. The highest BCUT2D eigenvalue weighted by molar-refractivity contribution is 5.70. The highest BCUT2D eigenvalue weighted by Gasteiger charge is 2.18. The van der Waals surface area contributed by atoms with Gasteiger partial charge in [-0.1, -0.05) is 76.3 Å². The van der Waals surface area contributed by atoms with Gasteiger partial charge in [0.2, 0.25) is 0 Å². The minimum Gasteiger partial charge on any atom is -0.465 e. The first-order valence-corrected chi connectivity index (χ1v) is 17.8. The highest BCUT2D eigenvalue weighted by Crippen LogP contribution is 2.14. The molecule has 0 saturated carbocycles. The molecule has 0 aliphatic rings. The molecular weight excluding hydrogens is 566 g/mol. The molecular formula is C38H67NO6. The summed E-state index contributed by atoms with van der Waals surface area (Å²) >= 11 is 0. The summed E-state index contributed by atoms with van der Waals surface area (Å²) in [6.45, 7) is 9.24. The summed E-state index contributed by atoms with van der Waals surface area (Å²) in [5.41, 5.74) is 0. The Morgan fingerprint density at radius 3 is 1.69 bits per heavy atom. The van der Waals surface area contributed by atoms with Crippen molar-refractivity contribution >= 4 is 17.9 Å². The van der Waals surface area contributed by atoms with Gasteiger partial charge in [0.25, 0.3) is 0 Å². The van der Waals surface area contributed by atoms with Crippen molar-refractivity contribution in [1.29, 1.82) is 0 Å². The molecule has 45 heavy (non-hydrogen) atoms. The number of carbonyl (C=O) groups is 3. The molecule has 0 aliphatic heterocycles. The maximum atomic E-state index is 12.4. The number of hydrogen-bond acceptors (Lipinski definition) is 7. The number of allylic oxidation sites excluding steroid dienone is 5. The Morgan fingerprint density at radius 1 is 0.667 bits per heavy atom. The Morgan fingerprint density at radius 2 is 1.16 bits per heavy atom. The number of nitrogens with zero attached hydrogens (tertiary/aromatic N) is 1. The van der Waals surface area contributed by atoms with Crippen molar-refractivity contribution in [2.45, 2.75) is 136 Å². The average Bonchev–Trinajstić information content (AvgIpc) is 3.00. The first kappa shape index (κ1) is 42.6. The van der Waals surface area contributed by atoms with E-state index in [1.165, 1.54) is 32.1 Å². The molecule has 0 amide bonds. The van der Waals surface area contributed by atoms with E-state index in [2.05, 4.69) is 49.6 Å². The molecule has 0 aromatic rings. The van der Waals surface area contributed by atoms with Crippen molar-refractivity contribution in [3.63, 3.8) is 0 Å². The molecule has 2 atom stereocenters. The van der Waals surface area contributed by atoms with Gasteiger partial charge in [0.1, 0.15) is 19.8 Å². The Labute approximate surface area is 276 Å². The van der Waals surface area contributed by atoms with Gasteiger partial charge in [-0.15, -0.1) is 6.58 Å². The summed E-state index contributed by atoms with van der Waals surface area (Å²) in [7, 11) is 4.01. The van der Waals surface area contributed by atoms with Crippen molar-refractivity contribution < 1.29 is 28.6 Å². The Kier molecular flexibility index (Phi) is 29.9. The Hall–Kier alpha value is -2.41. The summed E-state index contributed by atoms with van der Waals surface area (Å²) < 4.78 is 16.4. The van der Waals surface area contributed by atoms with Crippen LogP contribution in [0.5, 0.6) is 0 Å². The van der Waals surface area contributed by atoms with Crippen LogP contribution in [0.4, 0.5) is 0 Å². The molecule has 0 saturated heterocycles. The number of carbonyl (C=O) groups excluding carboxylic acids is 3. The second-order valence-corrected chi connectivity index (χ2v) is 12.7.